The van der Waals surface area contributed by atoms with Crippen LogP contribution in [0.5, 0.6) is 0 Å². The van der Waals surface area contributed by atoms with E-state index in [9.17, 15) is 0 Å². The molecule has 2 aromatic rings. The molecule has 0 aliphatic carbocycles. The molecule has 0 saturated heterocycles. The summed E-state index contributed by atoms with van der Waals surface area (Å²) >= 11 is 3.44. The van der Waals surface area contributed by atoms with Crippen molar-refractivity contribution in [3.05, 3.63) is 31.9 Å². The van der Waals surface area contributed by atoms with Crippen molar-refractivity contribution < 1.29 is 0 Å². The van der Waals surface area contributed by atoms with Gasteiger partial charge in [0.25, 0.3) is 0 Å². The average molecular weight is 323 g/mol. The first-order chi connectivity index (χ1) is 10.1. The van der Waals surface area contributed by atoms with Crippen molar-refractivity contribution in [1.29, 1.82) is 0 Å². The lowest BCUT2D eigenvalue weighted by Crippen LogP contribution is -2.36. The molecule has 0 radical (unpaired) electrons. The summed E-state index contributed by atoms with van der Waals surface area (Å²) < 4.78 is 0. The highest BCUT2D eigenvalue weighted by Gasteiger charge is 2.08. The third-order valence-corrected chi connectivity index (χ3v) is 5.06. The van der Waals surface area contributed by atoms with Gasteiger partial charge in [0, 0.05) is 22.7 Å². The molecule has 0 aliphatic rings. The van der Waals surface area contributed by atoms with E-state index in [4.69, 9.17) is 0 Å². The van der Waals surface area contributed by atoms with Gasteiger partial charge in [0.05, 0.1) is 13.1 Å². The van der Waals surface area contributed by atoms with Crippen molar-refractivity contribution in [2.45, 2.75) is 39.8 Å². The second-order valence-electron chi connectivity index (χ2n) is 4.98. The molecular formula is C14H21N5S2. The molecule has 0 aromatic carbocycles. The van der Waals surface area contributed by atoms with E-state index in [1.807, 2.05) is 0 Å². The highest BCUT2D eigenvalue weighted by Crippen LogP contribution is 2.18. The van der Waals surface area contributed by atoms with E-state index in [-0.39, 0.29) is 0 Å². The summed E-state index contributed by atoms with van der Waals surface area (Å²) in [4.78, 5) is 6.85. The monoisotopic (exact) mass is 323 g/mol. The van der Waals surface area contributed by atoms with Gasteiger partial charge in [-0.3, -0.25) is 4.99 Å². The van der Waals surface area contributed by atoms with Crippen molar-refractivity contribution >= 4 is 28.6 Å². The van der Waals surface area contributed by atoms with Gasteiger partial charge >= 0.3 is 0 Å². The van der Waals surface area contributed by atoms with E-state index in [1.54, 1.807) is 29.7 Å². The van der Waals surface area contributed by atoms with Gasteiger partial charge in [0.15, 0.2) is 5.96 Å². The molecule has 2 heterocycles. The lowest BCUT2D eigenvalue weighted by Gasteiger charge is -2.09. The number of nitrogens with zero attached hydrogens (tertiary/aromatic N) is 3. The molecule has 0 aliphatic heterocycles. The Balaban J connectivity index is 1.82. The minimum absolute atomic E-state index is 0.427. The quantitative estimate of drug-likeness (QED) is 0.656. The summed E-state index contributed by atoms with van der Waals surface area (Å²) in [6.07, 6.45) is 0. The molecule has 21 heavy (non-hydrogen) atoms. The summed E-state index contributed by atoms with van der Waals surface area (Å²) in [6, 6.07) is 4.27. The smallest absolute Gasteiger partial charge is 0.191 e. The van der Waals surface area contributed by atoms with Crippen LogP contribution in [0.15, 0.2) is 17.1 Å². The zero-order chi connectivity index (χ0) is 15.2. The highest BCUT2D eigenvalue weighted by atomic mass is 32.1. The first kappa shape index (κ1) is 15.9. The van der Waals surface area contributed by atoms with Crippen molar-refractivity contribution in [2.24, 2.45) is 4.99 Å². The fraction of sp³-hybridized carbons (Fsp3) is 0.500. The molecule has 0 atom stereocenters. The van der Waals surface area contributed by atoms with E-state index in [1.165, 1.54) is 9.75 Å². The van der Waals surface area contributed by atoms with Crippen LogP contribution in [0, 0.1) is 6.92 Å². The Labute approximate surface area is 133 Å². The molecule has 2 aromatic heterocycles. The van der Waals surface area contributed by atoms with Crippen LogP contribution in [0.2, 0.25) is 0 Å². The summed E-state index contributed by atoms with van der Waals surface area (Å²) in [5, 5.41) is 17.0. The van der Waals surface area contributed by atoms with Crippen LogP contribution in [0.25, 0.3) is 0 Å². The van der Waals surface area contributed by atoms with Gasteiger partial charge in [-0.1, -0.05) is 25.2 Å². The van der Waals surface area contributed by atoms with Gasteiger partial charge in [-0.25, -0.2) is 0 Å². The molecule has 0 amide bonds. The van der Waals surface area contributed by atoms with Crippen molar-refractivity contribution in [3.63, 3.8) is 0 Å². The van der Waals surface area contributed by atoms with Gasteiger partial charge in [-0.05, 0) is 19.1 Å². The molecule has 2 N–H and O–H groups in total. The third-order valence-electron chi connectivity index (χ3n) is 2.83. The van der Waals surface area contributed by atoms with E-state index >= 15 is 0 Å². The standard InChI is InChI=1S/C14H21N5S2/c1-9(2)13-19-18-12(21-13)8-17-14(15-4)16-7-11-6-5-10(3)20-11/h5-6,9H,7-8H2,1-4H3,(H2,15,16,17). The number of nitrogens with one attached hydrogen (secondary N) is 2. The van der Waals surface area contributed by atoms with E-state index < -0.39 is 0 Å². The zero-order valence-electron chi connectivity index (χ0n) is 12.8. The molecular weight excluding hydrogens is 302 g/mol. The Kier molecular flexibility index (Phi) is 5.69. The molecule has 0 spiro atoms. The highest BCUT2D eigenvalue weighted by molar-refractivity contribution is 7.12. The first-order valence-electron chi connectivity index (χ1n) is 6.90. The minimum Gasteiger partial charge on any atom is -0.352 e. The molecule has 2 rings (SSSR count). The van der Waals surface area contributed by atoms with Crippen LogP contribution in [-0.4, -0.2) is 23.2 Å². The largest absolute Gasteiger partial charge is 0.352 e. The summed E-state index contributed by atoms with van der Waals surface area (Å²) in [5.41, 5.74) is 0. The first-order valence-corrected chi connectivity index (χ1v) is 8.54. The molecule has 0 fully saturated rings. The average Bonchev–Trinajstić information content (AvgIpc) is 3.08. The van der Waals surface area contributed by atoms with Crippen LogP contribution >= 0.6 is 22.7 Å². The fourth-order valence-electron chi connectivity index (χ4n) is 1.70. The van der Waals surface area contributed by atoms with Crippen molar-refractivity contribution in [3.8, 4) is 0 Å². The predicted octanol–water partition coefficient (Wildman–Crippen LogP) is 2.90. The minimum atomic E-state index is 0.427. The molecule has 114 valence electrons. The number of thiophene rings is 1. The van der Waals surface area contributed by atoms with Gasteiger partial charge in [-0.2, -0.15) is 0 Å². The number of guanidine groups is 1. The Morgan fingerprint density at radius 2 is 1.95 bits per heavy atom. The number of aromatic nitrogens is 2. The third kappa shape index (κ3) is 4.78. The lowest BCUT2D eigenvalue weighted by atomic mass is 10.2. The van der Waals surface area contributed by atoms with Gasteiger partial charge in [0.2, 0.25) is 0 Å². The number of hydrogen-bond donors (Lipinski definition) is 2. The summed E-state index contributed by atoms with van der Waals surface area (Å²) in [7, 11) is 1.77. The Morgan fingerprint density at radius 3 is 2.52 bits per heavy atom. The van der Waals surface area contributed by atoms with Gasteiger partial charge in [-0.15, -0.1) is 21.5 Å². The molecule has 0 unspecified atom stereocenters. The van der Waals surface area contributed by atoms with Crippen LogP contribution in [0.3, 0.4) is 0 Å². The molecule has 7 heteroatoms. The van der Waals surface area contributed by atoms with Crippen molar-refractivity contribution in [1.82, 2.24) is 20.8 Å². The number of hydrogen-bond acceptors (Lipinski definition) is 5. The molecule has 0 bridgehead atoms. The topological polar surface area (TPSA) is 62.2 Å². The Bertz CT molecular complexity index is 600. The second-order valence-corrected chi connectivity index (χ2v) is 7.45. The summed E-state index contributed by atoms with van der Waals surface area (Å²) in [5.74, 6) is 1.21. The lowest BCUT2D eigenvalue weighted by molar-refractivity contribution is 0.786. The van der Waals surface area contributed by atoms with Crippen LogP contribution in [0.1, 0.15) is 39.5 Å². The molecule has 5 nitrogen and oxygen atoms in total. The maximum atomic E-state index is 4.22. The zero-order valence-corrected chi connectivity index (χ0v) is 14.4. The second kappa shape index (κ2) is 7.51. The van der Waals surface area contributed by atoms with E-state index in [0.717, 1.165) is 22.5 Å². The molecule has 0 saturated carbocycles. The van der Waals surface area contributed by atoms with Gasteiger partial charge in [0.1, 0.15) is 10.0 Å². The fourth-order valence-corrected chi connectivity index (χ4v) is 3.32. The number of rotatable bonds is 5. The maximum Gasteiger partial charge on any atom is 0.191 e. The Hall–Kier alpha value is -1.47. The maximum absolute atomic E-state index is 4.22. The van der Waals surface area contributed by atoms with Crippen LogP contribution < -0.4 is 10.6 Å². The predicted molar refractivity (Wildman–Crippen MR) is 90.1 cm³/mol. The number of aliphatic imine (C=N–C) groups is 1. The normalized spacial score (nSPS) is 12.0. The Morgan fingerprint density at radius 1 is 1.19 bits per heavy atom. The van der Waals surface area contributed by atoms with E-state index in [2.05, 4.69) is 58.7 Å². The van der Waals surface area contributed by atoms with E-state index in [0.29, 0.717) is 12.5 Å². The van der Waals surface area contributed by atoms with Crippen LogP contribution in [0.4, 0.5) is 0 Å². The van der Waals surface area contributed by atoms with Crippen LogP contribution in [-0.2, 0) is 13.1 Å². The number of aryl methyl sites for hydroxylation is 1. The SMILES string of the molecule is CN=C(NCc1ccc(C)s1)NCc1nnc(C(C)C)s1. The summed E-state index contributed by atoms with van der Waals surface area (Å²) in [6.45, 7) is 7.80. The van der Waals surface area contributed by atoms with Gasteiger partial charge < -0.3 is 10.6 Å². The van der Waals surface area contributed by atoms with Crippen molar-refractivity contribution in [2.75, 3.05) is 7.05 Å².